The van der Waals surface area contributed by atoms with Gasteiger partial charge in [0.25, 0.3) is 0 Å². The van der Waals surface area contributed by atoms with Gasteiger partial charge in [0.05, 0.1) is 0 Å². The van der Waals surface area contributed by atoms with Crippen molar-refractivity contribution in [3.63, 3.8) is 0 Å². The van der Waals surface area contributed by atoms with Gasteiger partial charge in [0, 0.05) is 23.0 Å². The molecule has 0 bridgehead atoms. The Labute approximate surface area is 113 Å². The van der Waals surface area contributed by atoms with Crippen molar-refractivity contribution in [2.45, 2.75) is 38.1 Å². The average Bonchev–Trinajstić information content (AvgIpc) is 3.11. The Hall–Kier alpha value is -1.22. The van der Waals surface area contributed by atoms with E-state index in [4.69, 9.17) is 11.6 Å². The average molecular weight is 267 g/mol. The molecule has 0 spiro atoms. The van der Waals surface area contributed by atoms with Gasteiger partial charge in [-0.3, -0.25) is 0 Å². The fourth-order valence-electron chi connectivity index (χ4n) is 1.77. The van der Waals surface area contributed by atoms with Crippen LogP contribution in [0.4, 0.5) is 4.79 Å². The van der Waals surface area contributed by atoms with Gasteiger partial charge in [-0.25, -0.2) is 4.79 Å². The third-order valence-electron chi connectivity index (χ3n) is 3.23. The van der Waals surface area contributed by atoms with Gasteiger partial charge in [-0.1, -0.05) is 37.6 Å². The summed E-state index contributed by atoms with van der Waals surface area (Å²) in [6, 6.07) is 8.08. The maximum absolute atomic E-state index is 11.6. The van der Waals surface area contributed by atoms with Crippen molar-refractivity contribution < 1.29 is 4.79 Å². The van der Waals surface area contributed by atoms with E-state index in [1.54, 1.807) is 0 Å². The van der Waals surface area contributed by atoms with Crippen LogP contribution in [0.15, 0.2) is 24.3 Å². The molecule has 0 aliphatic heterocycles. The Balaban J connectivity index is 1.89. The van der Waals surface area contributed by atoms with Crippen molar-refractivity contribution in [2.75, 3.05) is 6.54 Å². The Morgan fingerprint density at radius 3 is 2.50 bits per heavy atom. The molecule has 0 saturated heterocycles. The lowest BCUT2D eigenvalue weighted by atomic mass is 9.85. The SMILES string of the molecule is CC(C)(CNC(=O)NC1CC1)c1ccc(Cl)cc1. The van der Waals surface area contributed by atoms with Crippen LogP contribution in [0, 0.1) is 0 Å². The molecule has 2 rings (SSSR count). The predicted octanol–water partition coefficient (Wildman–Crippen LogP) is 3.08. The number of carbonyl (C=O) groups excluding carboxylic acids is 1. The molecule has 18 heavy (non-hydrogen) atoms. The molecular weight excluding hydrogens is 248 g/mol. The summed E-state index contributed by atoms with van der Waals surface area (Å²) in [5.74, 6) is 0. The largest absolute Gasteiger partial charge is 0.337 e. The second-order valence-electron chi connectivity index (χ2n) is 5.49. The molecule has 3 nitrogen and oxygen atoms in total. The highest BCUT2D eigenvalue weighted by Gasteiger charge is 2.25. The van der Waals surface area contributed by atoms with Crippen LogP contribution in [0.2, 0.25) is 5.02 Å². The van der Waals surface area contributed by atoms with Crippen molar-refractivity contribution in [1.29, 1.82) is 0 Å². The first kappa shape index (κ1) is 13.2. The summed E-state index contributed by atoms with van der Waals surface area (Å²) in [6.07, 6.45) is 2.21. The minimum atomic E-state index is -0.106. The molecule has 0 heterocycles. The molecule has 0 atom stereocenters. The van der Waals surface area contributed by atoms with Crippen molar-refractivity contribution >= 4 is 17.6 Å². The lowest BCUT2D eigenvalue weighted by molar-refractivity contribution is 0.238. The zero-order chi connectivity index (χ0) is 13.2. The smallest absolute Gasteiger partial charge is 0.315 e. The summed E-state index contributed by atoms with van der Waals surface area (Å²) in [6.45, 7) is 4.81. The lowest BCUT2D eigenvalue weighted by Gasteiger charge is -2.25. The van der Waals surface area contributed by atoms with E-state index < -0.39 is 0 Å². The summed E-state index contributed by atoms with van der Waals surface area (Å²) < 4.78 is 0. The van der Waals surface area contributed by atoms with Crippen LogP contribution in [-0.4, -0.2) is 18.6 Å². The first-order valence-electron chi connectivity index (χ1n) is 6.28. The highest BCUT2D eigenvalue weighted by Crippen LogP contribution is 2.24. The first-order valence-corrected chi connectivity index (χ1v) is 6.65. The number of nitrogens with one attached hydrogen (secondary N) is 2. The number of amides is 2. The van der Waals surface area contributed by atoms with Gasteiger partial charge in [-0.05, 0) is 30.5 Å². The van der Waals surface area contributed by atoms with Crippen molar-refractivity contribution in [3.8, 4) is 0 Å². The van der Waals surface area contributed by atoms with E-state index in [-0.39, 0.29) is 11.4 Å². The summed E-state index contributed by atoms with van der Waals surface area (Å²) >= 11 is 5.87. The van der Waals surface area contributed by atoms with Crippen LogP contribution in [-0.2, 0) is 5.41 Å². The number of hydrogen-bond donors (Lipinski definition) is 2. The maximum atomic E-state index is 11.6. The number of urea groups is 1. The Kier molecular flexibility index (Phi) is 3.81. The summed E-state index contributed by atoms with van der Waals surface area (Å²) in [7, 11) is 0. The zero-order valence-corrected chi connectivity index (χ0v) is 11.6. The van der Waals surface area contributed by atoms with Crippen molar-refractivity contribution in [3.05, 3.63) is 34.9 Å². The van der Waals surface area contributed by atoms with Crippen LogP contribution in [0.3, 0.4) is 0 Å². The van der Waals surface area contributed by atoms with Gasteiger partial charge >= 0.3 is 6.03 Å². The molecule has 0 aromatic heterocycles. The van der Waals surface area contributed by atoms with Gasteiger partial charge in [0.1, 0.15) is 0 Å². The first-order chi connectivity index (χ1) is 8.47. The third-order valence-corrected chi connectivity index (χ3v) is 3.48. The molecule has 4 heteroatoms. The van der Waals surface area contributed by atoms with Gasteiger partial charge in [-0.15, -0.1) is 0 Å². The van der Waals surface area contributed by atoms with Gasteiger partial charge in [-0.2, -0.15) is 0 Å². The number of rotatable bonds is 4. The topological polar surface area (TPSA) is 41.1 Å². The van der Waals surface area contributed by atoms with Gasteiger partial charge in [0.2, 0.25) is 0 Å². The van der Waals surface area contributed by atoms with E-state index in [2.05, 4.69) is 24.5 Å². The Morgan fingerprint density at radius 1 is 1.33 bits per heavy atom. The van der Waals surface area contributed by atoms with Crippen LogP contribution in [0.1, 0.15) is 32.3 Å². The van der Waals surface area contributed by atoms with Crippen molar-refractivity contribution in [2.24, 2.45) is 0 Å². The van der Waals surface area contributed by atoms with E-state index in [1.807, 2.05) is 24.3 Å². The van der Waals surface area contributed by atoms with E-state index in [0.717, 1.165) is 17.9 Å². The standard InChI is InChI=1S/C14H19ClN2O/c1-14(2,10-3-5-11(15)6-4-10)9-16-13(18)17-12-7-8-12/h3-6,12H,7-9H2,1-2H3,(H2,16,17,18). The molecule has 1 fully saturated rings. The van der Waals surface area contributed by atoms with E-state index in [9.17, 15) is 4.79 Å². The fraction of sp³-hybridized carbons (Fsp3) is 0.500. The molecule has 1 aromatic rings. The molecule has 1 aliphatic carbocycles. The van der Waals surface area contributed by atoms with E-state index in [1.165, 1.54) is 5.56 Å². The molecule has 2 amide bonds. The van der Waals surface area contributed by atoms with E-state index >= 15 is 0 Å². The number of hydrogen-bond acceptors (Lipinski definition) is 1. The highest BCUT2D eigenvalue weighted by atomic mass is 35.5. The molecule has 1 aromatic carbocycles. The Bertz CT molecular complexity index is 424. The number of halogens is 1. The normalized spacial score (nSPS) is 15.3. The van der Waals surface area contributed by atoms with Gasteiger partial charge < -0.3 is 10.6 Å². The van der Waals surface area contributed by atoms with Crippen LogP contribution in [0.5, 0.6) is 0 Å². The zero-order valence-electron chi connectivity index (χ0n) is 10.8. The number of carbonyl (C=O) groups is 1. The predicted molar refractivity (Wildman–Crippen MR) is 74.0 cm³/mol. The molecule has 0 unspecified atom stereocenters. The quantitative estimate of drug-likeness (QED) is 0.864. The second-order valence-corrected chi connectivity index (χ2v) is 5.93. The fourth-order valence-corrected chi connectivity index (χ4v) is 1.89. The van der Waals surface area contributed by atoms with Gasteiger partial charge in [0.15, 0.2) is 0 Å². The second kappa shape index (κ2) is 5.19. The third kappa shape index (κ3) is 3.64. The van der Waals surface area contributed by atoms with Crippen LogP contribution < -0.4 is 10.6 Å². The monoisotopic (exact) mass is 266 g/mol. The highest BCUT2D eigenvalue weighted by molar-refractivity contribution is 6.30. The Morgan fingerprint density at radius 2 is 1.94 bits per heavy atom. The number of benzene rings is 1. The summed E-state index contributed by atoms with van der Waals surface area (Å²) in [5, 5.41) is 6.57. The van der Waals surface area contributed by atoms with Crippen molar-refractivity contribution in [1.82, 2.24) is 10.6 Å². The summed E-state index contributed by atoms with van der Waals surface area (Å²) in [4.78, 5) is 11.6. The van der Waals surface area contributed by atoms with Crippen LogP contribution in [0.25, 0.3) is 0 Å². The lowest BCUT2D eigenvalue weighted by Crippen LogP contribution is -2.43. The molecule has 1 aliphatic rings. The molecule has 1 saturated carbocycles. The summed E-state index contributed by atoms with van der Waals surface area (Å²) in [5.41, 5.74) is 1.06. The molecular formula is C14H19ClN2O. The van der Waals surface area contributed by atoms with E-state index in [0.29, 0.717) is 12.6 Å². The molecule has 98 valence electrons. The minimum absolute atomic E-state index is 0.0699. The maximum Gasteiger partial charge on any atom is 0.315 e. The molecule has 2 N–H and O–H groups in total. The minimum Gasteiger partial charge on any atom is -0.337 e. The van der Waals surface area contributed by atoms with Crippen LogP contribution >= 0.6 is 11.6 Å². The molecule has 0 radical (unpaired) electrons.